The monoisotopic (exact) mass is 406 g/mol. The molecule has 29 heavy (non-hydrogen) atoms. The van der Waals surface area contributed by atoms with Crippen molar-refractivity contribution >= 4 is 35.4 Å². The zero-order chi connectivity index (χ0) is 20.6. The van der Waals surface area contributed by atoms with Gasteiger partial charge in [0, 0.05) is 23.8 Å². The first-order valence-electron chi connectivity index (χ1n) is 9.47. The molecule has 0 radical (unpaired) electrons. The number of benzene rings is 2. The van der Waals surface area contributed by atoms with E-state index in [-0.39, 0.29) is 11.9 Å². The zero-order valence-electron chi connectivity index (χ0n) is 16.4. The van der Waals surface area contributed by atoms with Gasteiger partial charge < -0.3 is 5.32 Å². The maximum Gasteiger partial charge on any atom is 0.252 e. The summed E-state index contributed by atoms with van der Waals surface area (Å²) in [6.07, 6.45) is 4.87. The summed E-state index contributed by atoms with van der Waals surface area (Å²) in [5.41, 5.74) is 1.92. The van der Waals surface area contributed by atoms with Gasteiger partial charge in [-0.25, -0.2) is 4.98 Å². The lowest BCUT2D eigenvalue weighted by Gasteiger charge is -2.20. The highest BCUT2D eigenvalue weighted by Gasteiger charge is 2.14. The van der Waals surface area contributed by atoms with E-state index in [1.807, 2.05) is 62.4 Å². The van der Waals surface area contributed by atoms with Crippen LogP contribution in [0.5, 0.6) is 0 Å². The number of likely N-dealkylation sites (N-methyl/N-ethyl adjacent to an activating group) is 1. The third-order valence-corrected chi connectivity index (χ3v) is 4.80. The minimum absolute atomic E-state index is 0.0392. The molecule has 0 aliphatic rings. The molecular formula is C23H23ClN4O. The number of hydrogen-bond acceptors (Lipinski definition) is 4. The molecule has 1 heterocycles. The standard InChI is InChI=1S/C23H23ClN4O/c1-3-28(22(29)14-13-19-11-7-8-12-20(19)24)21-15-16-25-23(27-21)26-17(2)18-9-5-4-6-10-18/h4-17H,3H2,1-2H3,(H,25,26,27)/t17-/m0/s1. The van der Waals surface area contributed by atoms with Gasteiger partial charge in [-0.3, -0.25) is 9.69 Å². The Morgan fingerprint density at radius 3 is 2.59 bits per heavy atom. The van der Waals surface area contributed by atoms with Crippen molar-refractivity contribution in [2.45, 2.75) is 19.9 Å². The maximum atomic E-state index is 12.7. The highest BCUT2D eigenvalue weighted by molar-refractivity contribution is 6.32. The summed E-state index contributed by atoms with van der Waals surface area (Å²) >= 11 is 6.15. The molecular weight excluding hydrogens is 384 g/mol. The third kappa shape index (κ3) is 5.42. The molecule has 1 amide bonds. The minimum Gasteiger partial charge on any atom is -0.348 e. The Kier molecular flexibility index (Phi) is 6.98. The predicted octanol–water partition coefficient (Wildman–Crippen LogP) is 5.37. The molecule has 0 aliphatic carbocycles. The second kappa shape index (κ2) is 9.85. The Morgan fingerprint density at radius 1 is 1.14 bits per heavy atom. The van der Waals surface area contributed by atoms with E-state index in [2.05, 4.69) is 15.3 Å². The summed E-state index contributed by atoms with van der Waals surface area (Å²) in [4.78, 5) is 23.1. The number of nitrogens with zero attached hydrogens (tertiary/aromatic N) is 3. The molecule has 1 atom stereocenters. The Morgan fingerprint density at radius 2 is 1.86 bits per heavy atom. The number of hydrogen-bond donors (Lipinski definition) is 1. The Bertz CT molecular complexity index is 991. The van der Waals surface area contributed by atoms with Crippen molar-refractivity contribution in [3.63, 3.8) is 0 Å². The minimum atomic E-state index is -0.173. The first kappa shape index (κ1) is 20.6. The molecule has 148 valence electrons. The maximum absolute atomic E-state index is 12.7. The second-order valence-corrected chi connectivity index (χ2v) is 6.86. The summed E-state index contributed by atoms with van der Waals surface area (Å²) in [5, 5.41) is 3.89. The molecule has 0 bridgehead atoms. The van der Waals surface area contributed by atoms with Crippen LogP contribution in [-0.2, 0) is 4.79 Å². The van der Waals surface area contributed by atoms with E-state index in [0.29, 0.717) is 23.3 Å². The van der Waals surface area contributed by atoms with Crippen molar-refractivity contribution in [3.8, 4) is 0 Å². The lowest BCUT2D eigenvalue weighted by Crippen LogP contribution is -2.30. The molecule has 0 fully saturated rings. The highest BCUT2D eigenvalue weighted by atomic mass is 35.5. The molecule has 3 rings (SSSR count). The number of rotatable bonds is 7. The largest absolute Gasteiger partial charge is 0.348 e. The average Bonchev–Trinajstić information content (AvgIpc) is 2.74. The van der Waals surface area contributed by atoms with Crippen LogP contribution in [0.1, 0.15) is 31.0 Å². The van der Waals surface area contributed by atoms with Crippen LogP contribution in [0.3, 0.4) is 0 Å². The molecule has 1 N–H and O–H groups in total. The smallest absolute Gasteiger partial charge is 0.252 e. The van der Waals surface area contributed by atoms with Crippen molar-refractivity contribution in [1.29, 1.82) is 0 Å². The van der Waals surface area contributed by atoms with Crippen LogP contribution < -0.4 is 10.2 Å². The van der Waals surface area contributed by atoms with Gasteiger partial charge in [0.05, 0.1) is 6.04 Å². The number of carbonyl (C=O) groups excluding carboxylic acids is 1. The van der Waals surface area contributed by atoms with Gasteiger partial charge in [-0.2, -0.15) is 4.98 Å². The number of halogens is 1. The average molecular weight is 407 g/mol. The van der Waals surface area contributed by atoms with Crippen molar-refractivity contribution in [1.82, 2.24) is 9.97 Å². The quantitative estimate of drug-likeness (QED) is 0.536. The topological polar surface area (TPSA) is 58.1 Å². The van der Waals surface area contributed by atoms with Crippen LogP contribution >= 0.6 is 11.6 Å². The van der Waals surface area contributed by atoms with E-state index in [9.17, 15) is 4.79 Å². The van der Waals surface area contributed by atoms with Crippen molar-refractivity contribution < 1.29 is 4.79 Å². The Hall–Kier alpha value is -3.18. The molecule has 3 aromatic rings. The number of amides is 1. The zero-order valence-corrected chi connectivity index (χ0v) is 17.2. The molecule has 0 spiro atoms. The lowest BCUT2D eigenvalue weighted by atomic mass is 10.1. The normalized spacial score (nSPS) is 12.0. The van der Waals surface area contributed by atoms with Gasteiger partial charge in [0.2, 0.25) is 5.95 Å². The first-order valence-corrected chi connectivity index (χ1v) is 9.85. The fourth-order valence-corrected chi connectivity index (χ4v) is 3.08. The van der Waals surface area contributed by atoms with Gasteiger partial charge in [-0.15, -0.1) is 0 Å². The van der Waals surface area contributed by atoms with Crippen LogP contribution in [0.25, 0.3) is 6.08 Å². The fraction of sp³-hybridized carbons (Fsp3) is 0.174. The van der Waals surface area contributed by atoms with Crippen LogP contribution in [0.2, 0.25) is 5.02 Å². The molecule has 1 aromatic heterocycles. The fourth-order valence-electron chi connectivity index (χ4n) is 2.88. The van der Waals surface area contributed by atoms with E-state index in [4.69, 9.17) is 11.6 Å². The van der Waals surface area contributed by atoms with E-state index in [1.165, 1.54) is 6.08 Å². The Balaban J connectivity index is 1.75. The van der Waals surface area contributed by atoms with Crippen molar-refractivity contribution in [2.75, 3.05) is 16.8 Å². The van der Waals surface area contributed by atoms with Gasteiger partial charge in [0.15, 0.2) is 0 Å². The van der Waals surface area contributed by atoms with Gasteiger partial charge in [0.25, 0.3) is 5.91 Å². The molecule has 6 heteroatoms. The molecule has 0 saturated heterocycles. The van der Waals surface area contributed by atoms with Crippen molar-refractivity contribution in [2.24, 2.45) is 0 Å². The first-order chi connectivity index (χ1) is 14.1. The lowest BCUT2D eigenvalue weighted by molar-refractivity contribution is -0.114. The van der Waals surface area contributed by atoms with Gasteiger partial charge >= 0.3 is 0 Å². The molecule has 0 unspecified atom stereocenters. The summed E-state index contributed by atoms with van der Waals surface area (Å²) in [6.45, 7) is 4.43. The summed E-state index contributed by atoms with van der Waals surface area (Å²) in [6, 6.07) is 19.2. The summed E-state index contributed by atoms with van der Waals surface area (Å²) < 4.78 is 0. The molecule has 0 aliphatic heterocycles. The third-order valence-electron chi connectivity index (χ3n) is 4.46. The summed E-state index contributed by atoms with van der Waals surface area (Å²) in [7, 11) is 0. The second-order valence-electron chi connectivity index (χ2n) is 6.45. The van der Waals surface area contributed by atoms with Crippen LogP contribution in [0.15, 0.2) is 72.9 Å². The predicted molar refractivity (Wildman–Crippen MR) is 119 cm³/mol. The van der Waals surface area contributed by atoms with E-state index < -0.39 is 0 Å². The van der Waals surface area contributed by atoms with Gasteiger partial charge in [0.1, 0.15) is 5.82 Å². The van der Waals surface area contributed by atoms with E-state index in [1.54, 1.807) is 29.3 Å². The van der Waals surface area contributed by atoms with E-state index in [0.717, 1.165) is 11.1 Å². The van der Waals surface area contributed by atoms with Crippen LogP contribution in [0, 0.1) is 0 Å². The van der Waals surface area contributed by atoms with Crippen molar-refractivity contribution in [3.05, 3.63) is 89.1 Å². The molecule has 0 saturated carbocycles. The highest BCUT2D eigenvalue weighted by Crippen LogP contribution is 2.20. The Labute approximate surface area is 176 Å². The number of anilines is 2. The summed E-state index contributed by atoms with van der Waals surface area (Å²) in [5.74, 6) is 0.840. The number of aromatic nitrogens is 2. The van der Waals surface area contributed by atoms with Crippen LogP contribution in [0.4, 0.5) is 11.8 Å². The SMILES string of the molecule is CCN(C(=O)C=Cc1ccccc1Cl)c1ccnc(N[C@@H](C)c2ccccc2)n1. The van der Waals surface area contributed by atoms with Gasteiger partial charge in [-0.1, -0.05) is 60.1 Å². The molecule has 5 nitrogen and oxygen atoms in total. The number of nitrogens with one attached hydrogen (secondary N) is 1. The number of carbonyl (C=O) groups is 1. The molecule has 2 aromatic carbocycles. The van der Waals surface area contributed by atoms with E-state index >= 15 is 0 Å². The van der Waals surface area contributed by atoms with Crippen LogP contribution in [-0.4, -0.2) is 22.4 Å². The van der Waals surface area contributed by atoms with Gasteiger partial charge in [-0.05, 0) is 43.2 Å².